The van der Waals surface area contributed by atoms with Crippen LogP contribution in [0.25, 0.3) is 0 Å². The van der Waals surface area contributed by atoms with E-state index in [9.17, 15) is 10.1 Å². The number of aromatic nitrogens is 2. The standard InChI is InChI=1S/C13H21N5O2/c1-3-14-13-15-8-11(18(19)20)12(17-13)16-9(2)10-6-4-5-7-10/h8-10H,3-7H2,1-2H3,(H2,14,15,16,17). The van der Waals surface area contributed by atoms with Crippen molar-refractivity contribution in [2.24, 2.45) is 5.92 Å². The van der Waals surface area contributed by atoms with Crippen molar-refractivity contribution >= 4 is 17.5 Å². The molecule has 1 heterocycles. The predicted octanol–water partition coefficient (Wildman–Crippen LogP) is 2.81. The van der Waals surface area contributed by atoms with E-state index in [2.05, 4.69) is 27.5 Å². The number of anilines is 2. The van der Waals surface area contributed by atoms with Gasteiger partial charge in [0, 0.05) is 12.6 Å². The normalized spacial score (nSPS) is 16.9. The molecule has 7 heteroatoms. The molecule has 0 amide bonds. The van der Waals surface area contributed by atoms with Crippen molar-refractivity contribution in [2.75, 3.05) is 17.2 Å². The van der Waals surface area contributed by atoms with E-state index in [1.807, 2.05) is 6.92 Å². The van der Waals surface area contributed by atoms with Gasteiger partial charge in [-0.25, -0.2) is 4.98 Å². The van der Waals surface area contributed by atoms with Gasteiger partial charge in [-0.15, -0.1) is 0 Å². The van der Waals surface area contributed by atoms with Gasteiger partial charge < -0.3 is 10.6 Å². The lowest BCUT2D eigenvalue weighted by Crippen LogP contribution is -2.25. The second kappa shape index (κ2) is 6.49. The van der Waals surface area contributed by atoms with Gasteiger partial charge in [-0.05, 0) is 32.6 Å². The summed E-state index contributed by atoms with van der Waals surface area (Å²) in [5, 5.41) is 17.2. The number of hydrogen-bond donors (Lipinski definition) is 2. The highest BCUT2D eigenvalue weighted by Crippen LogP contribution is 2.31. The summed E-state index contributed by atoms with van der Waals surface area (Å²) in [7, 11) is 0. The Hall–Kier alpha value is -1.92. The van der Waals surface area contributed by atoms with Gasteiger partial charge in [0.25, 0.3) is 0 Å². The molecule has 1 unspecified atom stereocenters. The highest BCUT2D eigenvalue weighted by molar-refractivity contribution is 5.57. The number of rotatable bonds is 6. The molecule has 0 saturated heterocycles. The van der Waals surface area contributed by atoms with Crippen LogP contribution in [0.5, 0.6) is 0 Å². The van der Waals surface area contributed by atoms with Crippen molar-refractivity contribution in [2.45, 2.75) is 45.6 Å². The maximum Gasteiger partial charge on any atom is 0.329 e. The van der Waals surface area contributed by atoms with Crippen LogP contribution in [0.1, 0.15) is 39.5 Å². The van der Waals surface area contributed by atoms with Crippen LogP contribution >= 0.6 is 0 Å². The Kier molecular flexibility index (Phi) is 4.70. The predicted molar refractivity (Wildman–Crippen MR) is 77.9 cm³/mol. The molecule has 1 aromatic heterocycles. The Balaban J connectivity index is 2.17. The lowest BCUT2D eigenvalue weighted by Gasteiger charge is -2.20. The first kappa shape index (κ1) is 14.5. The van der Waals surface area contributed by atoms with E-state index in [4.69, 9.17) is 0 Å². The van der Waals surface area contributed by atoms with Gasteiger partial charge in [-0.1, -0.05) is 12.8 Å². The van der Waals surface area contributed by atoms with Gasteiger partial charge in [0.1, 0.15) is 6.20 Å². The fourth-order valence-corrected chi connectivity index (χ4v) is 2.65. The first-order valence-corrected chi connectivity index (χ1v) is 7.13. The van der Waals surface area contributed by atoms with Gasteiger partial charge in [0.2, 0.25) is 11.8 Å². The minimum Gasteiger partial charge on any atom is -0.361 e. The fraction of sp³-hybridized carbons (Fsp3) is 0.692. The Morgan fingerprint density at radius 1 is 1.50 bits per heavy atom. The molecule has 110 valence electrons. The Bertz CT molecular complexity index is 474. The van der Waals surface area contributed by atoms with E-state index >= 15 is 0 Å². The quantitative estimate of drug-likeness (QED) is 0.614. The SMILES string of the molecule is CCNc1ncc([N+](=O)[O-])c(NC(C)C2CCCC2)n1. The summed E-state index contributed by atoms with van der Waals surface area (Å²) in [5.74, 6) is 1.28. The van der Waals surface area contributed by atoms with Crippen LogP contribution < -0.4 is 10.6 Å². The van der Waals surface area contributed by atoms with Crippen LogP contribution in [-0.4, -0.2) is 27.5 Å². The van der Waals surface area contributed by atoms with Crippen molar-refractivity contribution in [1.82, 2.24) is 9.97 Å². The summed E-state index contributed by atoms with van der Waals surface area (Å²) in [6.07, 6.45) is 6.09. The molecule has 1 aliphatic carbocycles. The fourth-order valence-electron chi connectivity index (χ4n) is 2.65. The van der Waals surface area contributed by atoms with E-state index in [-0.39, 0.29) is 11.7 Å². The first-order chi connectivity index (χ1) is 9.61. The molecule has 0 aromatic carbocycles. The minimum atomic E-state index is -0.445. The topological polar surface area (TPSA) is 93.0 Å². The maximum absolute atomic E-state index is 11.1. The lowest BCUT2D eigenvalue weighted by molar-refractivity contribution is -0.384. The molecule has 0 radical (unpaired) electrons. The smallest absolute Gasteiger partial charge is 0.329 e. The molecular weight excluding hydrogens is 258 g/mol. The third kappa shape index (κ3) is 3.34. The average molecular weight is 279 g/mol. The monoisotopic (exact) mass is 279 g/mol. The van der Waals surface area contributed by atoms with E-state index in [0.29, 0.717) is 24.2 Å². The van der Waals surface area contributed by atoms with E-state index < -0.39 is 4.92 Å². The molecular formula is C13H21N5O2. The van der Waals surface area contributed by atoms with Crippen LogP contribution in [0.4, 0.5) is 17.5 Å². The van der Waals surface area contributed by atoms with Crippen LogP contribution in [0.3, 0.4) is 0 Å². The molecule has 1 atom stereocenters. The largest absolute Gasteiger partial charge is 0.361 e. The summed E-state index contributed by atoms with van der Waals surface area (Å²) in [5.41, 5.74) is -0.0727. The molecule has 0 aliphatic heterocycles. The summed E-state index contributed by atoms with van der Waals surface area (Å²) >= 11 is 0. The summed E-state index contributed by atoms with van der Waals surface area (Å²) in [6, 6.07) is 0.181. The molecule has 2 N–H and O–H groups in total. The third-order valence-corrected chi connectivity index (χ3v) is 3.77. The van der Waals surface area contributed by atoms with Crippen molar-refractivity contribution < 1.29 is 4.92 Å². The summed E-state index contributed by atoms with van der Waals surface area (Å²) in [4.78, 5) is 18.8. The first-order valence-electron chi connectivity index (χ1n) is 7.13. The highest BCUT2D eigenvalue weighted by Gasteiger charge is 2.25. The van der Waals surface area contributed by atoms with Crippen LogP contribution in [0, 0.1) is 16.0 Å². The third-order valence-electron chi connectivity index (χ3n) is 3.77. The number of nitro groups is 1. The molecule has 1 aromatic rings. The minimum absolute atomic E-state index is 0.0727. The Morgan fingerprint density at radius 3 is 2.80 bits per heavy atom. The zero-order valence-electron chi connectivity index (χ0n) is 11.9. The molecule has 7 nitrogen and oxygen atoms in total. The molecule has 20 heavy (non-hydrogen) atoms. The van der Waals surface area contributed by atoms with Gasteiger partial charge in [0.15, 0.2) is 0 Å². The second-order valence-corrected chi connectivity index (χ2v) is 5.19. The van der Waals surface area contributed by atoms with E-state index in [1.54, 1.807) is 0 Å². The summed E-state index contributed by atoms with van der Waals surface area (Å²) in [6.45, 7) is 4.67. The van der Waals surface area contributed by atoms with Gasteiger partial charge in [-0.3, -0.25) is 10.1 Å². The molecule has 0 spiro atoms. The van der Waals surface area contributed by atoms with Crippen LogP contribution in [0.2, 0.25) is 0 Å². The Morgan fingerprint density at radius 2 is 2.20 bits per heavy atom. The second-order valence-electron chi connectivity index (χ2n) is 5.19. The summed E-state index contributed by atoms with van der Waals surface area (Å²) < 4.78 is 0. The Labute approximate surface area is 118 Å². The average Bonchev–Trinajstić information content (AvgIpc) is 2.93. The molecule has 1 saturated carbocycles. The van der Waals surface area contributed by atoms with E-state index in [1.165, 1.54) is 31.9 Å². The number of nitrogens with zero attached hydrogens (tertiary/aromatic N) is 3. The van der Waals surface area contributed by atoms with Gasteiger partial charge in [-0.2, -0.15) is 4.98 Å². The van der Waals surface area contributed by atoms with Crippen molar-refractivity contribution in [3.05, 3.63) is 16.3 Å². The molecule has 0 bridgehead atoms. The van der Waals surface area contributed by atoms with Crippen molar-refractivity contribution in [3.63, 3.8) is 0 Å². The molecule has 1 fully saturated rings. The maximum atomic E-state index is 11.1. The van der Waals surface area contributed by atoms with Crippen molar-refractivity contribution in [3.8, 4) is 0 Å². The zero-order valence-corrected chi connectivity index (χ0v) is 11.9. The van der Waals surface area contributed by atoms with Crippen LogP contribution in [0.15, 0.2) is 6.20 Å². The number of hydrogen-bond acceptors (Lipinski definition) is 6. The molecule has 1 aliphatic rings. The van der Waals surface area contributed by atoms with Crippen LogP contribution in [-0.2, 0) is 0 Å². The number of nitrogens with one attached hydrogen (secondary N) is 2. The zero-order chi connectivity index (χ0) is 14.5. The van der Waals surface area contributed by atoms with Gasteiger partial charge in [0.05, 0.1) is 4.92 Å². The van der Waals surface area contributed by atoms with E-state index in [0.717, 1.165) is 0 Å². The van der Waals surface area contributed by atoms with Gasteiger partial charge >= 0.3 is 5.69 Å². The highest BCUT2D eigenvalue weighted by atomic mass is 16.6. The lowest BCUT2D eigenvalue weighted by atomic mass is 10.00. The molecule has 2 rings (SSSR count). The van der Waals surface area contributed by atoms with Crippen molar-refractivity contribution in [1.29, 1.82) is 0 Å².